The third-order valence-electron chi connectivity index (χ3n) is 8.41. The number of hydrogen-bond acceptors (Lipinski definition) is 3. The van der Waals surface area contributed by atoms with Crippen molar-refractivity contribution in [2.75, 3.05) is 9.80 Å². The lowest BCUT2D eigenvalue weighted by Gasteiger charge is -2.25. The van der Waals surface area contributed by atoms with Gasteiger partial charge in [0.05, 0.1) is 0 Å². The van der Waals surface area contributed by atoms with Crippen LogP contribution in [0.4, 0.5) is 34.1 Å². The number of anilines is 6. The van der Waals surface area contributed by atoms with E-state index in [4.69, 9.17) is 4.42 Å². The Hall–Kier alpha value is -6.32. The van der Waals surface area contributed by atoms with E-state index in [2.05, 4.69) is 180 Å². The summed E-state index contributed by atoms with van der Waals surface area (Å²) in [6.07, 6.45) is 4.34. The average Bonchev–Trinajstić information content (AvgIpc) is 3.51. The van der Waals surface area contributed by atoms with Crippen molar-refractivity contribution in [3.8, 4) is 0 Å². The number of para-hydroxylation sites is 4. The van der Waals surface area contributed by atoms with Crippen LogP contribution in [0.1, 0.15) is 11.1 Å². The van der Waals surface area contributed by atoms with Gasteiger partial charge in [0, 0.05) is 44.9 Å². The summed E-state index contributed by atoms with van der Waals surface area (Å²) in [5, 5.41) is 2.19. The summed E-state index contributed by atoms with van der Waals surface area (Å²) in [5.41, 5.74) is 10.7. The van der Waals surface area contributed by atoms with E-state index in [1.165, 1.54) is 0 Å². The summed E-state index contributed by atoms with van der Waals surface area (Å²) in [5.74, 6) is 0. The zero-order chi connectivity index (χ0) is 31.4. The molecule has 0 aliphatic heterocycles. The Morgan fingerprint density at radius 1 is 0.319 bits per heavy atom. The molecule has 8 rings (SSSR count). The number of hydrogen-bond donors (Lipinski definition) is 0. The molecule has 3 nitrogen and oxygen atoms in total. The Bertz CT molecular complexity index is 2200. The lowest BCUT2D eigenvalue weighted by Crippen LogP contribution is -2.09. The first-order valence-corrected chi connectivity index (χ1v) is 15.9. The van der Waals surface area contributed by atoms with Gasteiger partial charge in [-0.05, 0) is 102 Å². The van der Waals surface area contributed by atoms with E-state index in [1.807, 2.05) is 24.3 Å². The van der Waals surface area contributed by atoms with Crippen LogP contribution < -0.4 is 9.80 Å². The fourth-order valence-electron chi connectivity index (χ4n) is 6.16. The first-order chi connectivity index (χ1) is 23.3. The van der Waals surface area contributed by atoms with Gasteiger partial charge in [-0.1, -0.05) is 103 Å². The maximum absolute atomic E-state index is 6.28. The maximum Gasteiger partial charge on any atom is 0.135 e. The Balaban J connectivity index is 1.11. The molecule has 0 radical (unpaired) electrons. The van der Waals surface area contributed by atoms with Crippen molar-refractivity contribution in [2.45, 2.75) is 0 Å². The Labute approximate surface area is 274 Å². The molecule has 0 spiro atoms. The highest BCUT2D eigenvalue weighted by molar-refractivity contribution is 6.07. The fourth-order valence-corrected chi connectivity index (χ4v) is 6.16. The van der Waals surface area contributed by atoms with E-state index in [9.17, 15) is 0 Å². The van der Waals surface area contributed by atoms with Gasteiger partial charge in [-0.25, -0.2) is 0 Å². The third-order valence-corrected chi connectivity index (χ3v) is 8.41. The molecular weight excluding hydrogens is 572 g/mol. The summed E-state index contributed by atoms with van der Waals surface area (Å²) >= 11 is 0. The minimum Gasteiger partial charge on any atom is -0.456 e. The number of nitrogens with zero attached hydrogens (tertiary/aromatic N) is 2. The molecule has 7 aromatic carbocycles. The van der Waals surface area contributed by atoms with Gasteiger partial charge in [-0.2, -0.15) is 0 Å². The monoisotopic (exact) mass is 604 g/mol. The fraction of sp³-hybridized carbons (Fsp3) is 0. The smallest absolute Gasteiger partial charge is 0.135 e. The Morgan fingerprint density at radius 2 is 0.681 bits per heavy atom. The van der Waals surface area contributed by atoms with E-state index >= 15 is 0 Å². The van der Waals surface area contributed by atoms with Crippen molar-refractivity contribution in [1.29, 1.82) is 0 Å². The largest absolute Gasteiger partial charge is 0.456 e. The second-order valence-corrected chi connectivity index (χ2v) is 11.5. The molecule has 0 amide bonds. The molecule has 0 fully saturated rings. The average molecular weight is 605 g/mol. The van der Waals surface area contributed by atoms with Crippen LogP contribution in [-0.2, 0) is 0 Å². The molecule has 0 aliphatic carbocycles. The maximum atomic E-state index is 6.28. The van der Waals surface area contributed by atoms with E-state index in [-0.39, 0.29) is 0 Å². The first-order valence-electron chi connectivity index (χ1n) is 15.9. The number of benzene rings is 7. The van der Waals surface area contributed by atoms with Gasteiger partial charge in [0.2, 0.25) is 0 Å². The zero-order valence-electron chi connectivity index (χ0n) is 25.8. The minimum atomic E-state index is 0.878. The van der Waals surface area contributed by atoms with Crippen LogP contribution in [0, 0.1) is 0 Å². The summed E-state index contributed by atoms with van der Waals surface area (Å²) < 4.78 is 6.28. The molecule has 0 N–H and O–H groups in total. The van der Waals surface area contributed by atoms with Crippen molar-refractivity contribution in [3.05, 3.63) is 193 Å². The van der Waals surface area contributed by atoms with E-state index in [1.54, 1.807) is 0 Å². The summed E-state index contributed by atoms with van der Waals surface area (Å²) in [4.78, 5) is 4.55. The molecule has 0 aliphatic rings. The molecule has 1 heterocycles. The van der Waals surface area contributed by atoms with Gasteiger partial charge < -0.3 is 14.2 Å². The van der Waals surface area contributed by atoms with Gasteiger partial charge >= 0.3 is 0 Å². The number of fused-ring (bicyclic) bond motifs is 3. The highest BCUT2D eigenvalue weighted by atomic mass is 16.3. The van der Waals surface area contributed by atoms with Crippen molar-refractivity contribution >= 4 is 68.2 Å². The van der Waals surface area contributed by atoms with Crippen LogP contribution in [-0.4, -0.2) is 0 Å². The molecule has 0 atom stereocenters. The molecule has 0 saturated heterocycles. The van der Waals surface area contributed by atoms with Crippen molar-refractivity contribution in [3.63, 3.8) is 0 Å². The van der Waals surface area contributed by atoms with Gasteiger partial charge in [0.25, 0.3) is 0 Å². The molecule has 0 unspecified atom stereocenters. The normalized spacial score (nSPS) is 11.3. The second-order valence-electron chi connectivity index (χ2n) is 11.5. The lowest BCUT2D eigenvalue weighted by atomic mass is 10.1. The Morgan fingerprint density at radius 3 is 1.19 bits per heavy atom. The number of rotatable bonds is 8. The highest BCUT2D eigenvalue weighted by Crippen LogP contribution is 2.39. The molecule has 3 heteroatoms. The standard InChI is InChI=1S/C44H32N2O/c1-5-13-35(14-6-1)45(36-15-7-2-8-16-36)39-26-23-33(24-27-39)21-22-34-25-29-43-41(31-34)42-32-40(28-30-44(42)47-43)46(37-17-9-3-10-18-37)38-19-11-4-12-20-38/h1-32H. The molecule has 0 bridgehead atoms. The summed E-state index contributed by atoms with van der Waals surface area (Å²) in [6.45, 7) is 0. The lowest BCUT2D eigenvalue weighted by molar-refractivity contribution is 0.669. The van der Waals surface area contributed by atoms with Gasteiger partial charge in [-0.15, -0.1) is 0 Å². The van der Waals surface area contributed by atoms with Crippen LogP contribution in [0.3, 0.4) is 0 Å². The second kappa shape index (κ2) is 12.6. The molecule has 47 heavy (non-hydrogen) atoms. The predicted octanol–water partition coefficient (Wildman–Crippen LogP) is 12.7. The Kier molecular flexibility index (Phi) is 7.54. The van der Waals surface area contributed by atoms with Crippen LogP contribution in [0.2, 0.25) is 0 Å². The summed E-state index contributed by atoms with van der Waals surface area (Å²) in [7, 11) is 0. The molecule has 224 valence electrons. The SMILES string of the molecule is C(=Cc1ccc2oc3ccc(N(c4ccccc4)c4ccccc4)cc3c2c1)c1ccc(N(c2ccccc2)c2ccccc2)cc1. The molecule has 1 aromatic heterocycles. The third kappa shape index (κ3) is 5.79. The van der Waals surface area contributed by atoms with Crippen LogP contribution in [0.25, 0.3) is 34.1 Å². The highest BCUT2D eigenvalue weighted by Gasteiger charge is 2.15. The van der Waals surface area contributed by atoms with Gasteiger partial charge in [0.15, 0.2) is 0 Å². The quantitative estimate of drug-likeness (QED) is 0.161. The summed E-state index contributed by atoms with van der Waals surface area (Å²) in [6, 6.07) is 63.5. The van der Waals surface area contributed by atoms with Crippen molar-refractivity contribution in [2.24, 2.45) is 0 Å². The van der Waals surface area contributed by atoms with Crippen LogP contribution in [0.15, 0.2) is 186 Å². The molecular formula is C44H32N2O. The van der Waals surface area contributed by atoms with Crippen molar-refractivity contribution < 1.29 is 4.42 Å². The van der Waals surface area contributed by atoms with Crippen LogP contribution in [0.5, 0.6) is 0 Å². The molecule has 0 saturated carbocycles. The van der Waals surface area contributed by atoms with E-state index < -0.39 is 0 Å². The van der Waals surface area contributed by atoms with Crippen LogP contribution >= 0.6 is 0 Å². The predicted molar refractivity (Wildman–Crippen MR) is 198 cm³/mol. The van der Waals surface area contributed by atoms with Gasteiger partial charge in [-0.3, -0.25) is 0 Å². The van der Waals surface area contributed by atoms with E-state index in [0.717, 1.165) is 67.2 Å². The molecule has 8 aromatic rings. The number of furan rings is 1. The van der Waals surface area contributed by atoms with Gasteiger partial charge in [0.1, 0.15) is 11.2 Å². The minimum absolute atomic E-state index is 0.878. The van der Waals surface area contributed by atoms with E-state index in [0.29, 0.717) is 0 Å². The first kappa shape index (κ1) is 28.2. The topological polar surface area (TPSA) is 19.6 Å². The zero-order valence-corrected chi connectivity index (χ0v) is 25.8. The van der Waals surface area contributed by atoms with Crippen molar-refractivity contribution in [1.82, 2.24) is 0 Å².